The van der Waals surface area contributed by atoms with E-state index in [0.29, 0.717) is 17.4 Å². The van der Waals surface area contributed by atoms with Crippen LogP contribution < -0.4 is 5.32 Å². The van der Waals surface area contributed by atoms with E-state index in [-0.39, 0.29) is 17.4 Å². The summed E-state index contributed by atoms with van der Waals surface area (Å²) in [4.78, 5) is 11.7. The molecule has 1 aromatic heterocycles. The Labute approximate surface area is 103 Å². The Kier molecular flexibility index (Phi) is 2.51. The second-order valence-electron chi connectivity index (χ2n) is 4.37. The van der Waals surface area contributed by atoms with E-state index in [2.05, 4.69) is 10.5 Å². The van der Waals surface area contributed by atoms with Gasteiger partial charge in [-0.2, -0.15) is 0 Å². The summed E-state index contributed by atoms with van der Waals surface area (Å²) < 4.78 is 5.11. The summed E-state index contributed by atoms with van der Waals surface area (Å²) in [7, 11) is 0. The summed E-state index contributed by atoms with van der Waals surface area (Å²) in [5.74, 6) is 0.396. The van der Waals surface area contributed by atoms with Crippen molar-refractivity contribution in [3.63, 3.8) is 0 Å². The number of hydrogen-bond acceptors (Lipinski definition) is 4. The van der Waals surface area contributed by atoms with Gasteiger partial charge in [-0.25, -0.2) is 0 Å². The lowest BCUT2D eigenvalue weighted by atomic mass is 10.1. The van der Waals surface area contributed by atoms with E-state index in [1.165, 1.54) is 0 Å². The first-order chi connectivity index (χ1) is 8.72. The van der Waals surface area contributed by atoms with E-state index < -0.39 is 0 Å². The van der Waals surface area contributed by atoms with Gasteiger partial charge in [0.05, 0.1) is 0 Å². The molecule has 5 heteroatoms. The molecular formula is C13H12N2O3. The quantitative estimate of drug-likeness (QED) is 0.865. The molecule has 0 radical (unpaired) electrons. The van der Waals surface area contributed by atoms with Crippen molar-refractivity contribution in [2.75, 3.05) is 0 Å². The number of hydrogen-bond donors (Lipinski definition) is 2. The molecule has 0 bridgehead atoms. The SMILES string of the molecule is O=C(NC1CC1)c1cc(-c2cccc(O)c2)on1. The first-order valence-electron chi connectivity index (χ1n) is 5.79. The number of benzene rings is 1. The molecule has 1 aromatic carbocycles. The summed E-state index contributed by atoms with van der Waals surface area (Å²) in [6.07, 6.45) is 2.06. The number of carbonyl (C=O) groups excluding carboxylic acids is 1. The van der Waals surface area contributed by atoms with Crippen molar-refractivity contribution >= 4 is 5.91 Å². The molecule has 18 heavy (non-hydrogen) atoms. The normalized spacial score (nSPS) is 14.4. The Morgan fingerprint density at radius 1 is 1.39 bits per heavy atom. The van der Waals surface area contributed by atoms with Crippen LogP contribution in [0.1, 0.15) is 23.3 Å². The molecule has 5 nitrogen and oxygen atoms in total. The number of nitrogens with one attached hydrogen (secondary N) is 1. The molecule has 1 heterocycles. The van der Waals surface area contributed by atoms with Gasteiger partial charge >= 0.3 is 0 Å². The van der Waals surface area contributed by atoms with Gasteiger partial charge < -0.3 is 14.9 Å². The van der Waals surface area contributed by atoms with E-state index in [1.54, 1.807) is 30.3 Å². The number of rotatable bonds is 3. The highest BCUT2D eigenvalue weighted by Gasteiger charge is 2.25. The zero-order chi connectivity index (χ0) is 12.5. The zero-order valence-corrected chi connectivity index (χ0v) is 9.59. The van der Waals surface area contributed by atoms with Crippen LogP contribution in [0.3, 0.4) is 0 Å². The first-order valence-corrected chi connectivity index (χ1v) is 5.79. The van der Waals surface area contributed by atoms with Gasteiger partial charge in [-0.3, -0.25) is 4.79 Å². The van der Waals surface area contributed by atoms with Crippen molar-refractivity contribution in [2.45, 2.75) is 18.9 Å². The smallest absolute Gasteiger partial charge is 0.273 e. The Hall–Kier alpha value is -2.30. The monoisotopic (exact) mass is 244 g/mol. The molecule has 1 aliphatic rings. The fourth-order valence-electron chi connectivity index (χ4n) is 1.66. The molecule has 2 N–H and O–H groups in total. The third-order valence-corrected chi connectivity index (χ3v) is 2.79. The van der Waals surface area contributed by atoms with Gasteiger partial charge in [0.2, 0.25) is 0 Å². The lowest BCUT2D eigenvalue weighted by molar-refractivity contribution is 0.0942. The fraction of sp³-hybridized carbons (Fsp3) is 0.231. The van der Waals surface area contributed by atoms with Crippen LogP contribution in [-0.4, -0.2) is 22.2 Å². The number of phenolic OH excluding ortho intramolecular Hbond substituents is 1. The van der Waals surface area contributed by atoms with Crippen molar-refractivity contribution in [3.8, 4) is 17.1 Å². The standard InChI is InChI=1S/C13H12N2O3/c16-10-3-1-2-8(6-10)12-7-11(15-18-12)13(17)14-9-4-5-9/h1-3,6-7,9,16H,4-5H2,(H,14,17). The summed E-state index contributed by atoms with van der Waals surface area (Å²) in [5, 5.41) is 15.9. The van der Waals surface area contributed by atoms with Crippen molar-refractivity contribution < 1.29 is 14.4 Å². The molecule has 0 aliphatic heterocycles. The number of carbonyl (C=O) groups is 1. The zero-order valence-electron chi connectivity index (χ0n) is 9.59. The Balaban J connectivity index is 1.82. The Morgan fingerprint density at radius 2 is 2.22 bits per heavy atom. The second-order valence-corrected chi connectivity index (χ2v) is 4.37. The van der Waals surface area contributed by atoms with Crippen LogP contribution in [0.25, 0.3) is 11.3 Å². The van der Waals surface area contributed by atoms with Gasteiger partial charge in [0, 0.05) is 17.7 Å². The molecule has 92 valence electrons. The molecule has 0 spiro atoms. The van der Waals surface area contributed by atoms with Gasteiger partial charge in [0.25, 0.3) is 5.91 Å². The van der Waals surface area contributed by atoms with E-state index >= 15 is 0 Å². The van der Waals surface area contributed by atoms with Gasteiger partial charge in [0.15, 0.2) is 11.5 Å². The van der Waals surface area contributed by atoms with Crippen LogP contribution >= 0.6 is 0 Å². The maximum absolute atomic E-state index is 11.7. The first kappa shape index (κ1) is 10.8. The summed E-state index contributed by atoms with van der Waals surface area (Å²) in [6.45, 7) is 0. The average Bonchev–Trinajstić information content (AvgIpc) is 3.03. The minimum atomic E-state index is -0.215. The minimum Gasteiger partial charge on any atom is -0.508 e. The van der Waals surface area contributed by atoms with Gasteiger partial charge in [-0.1, -0.05) is 17.3 Å². The number of phenols is 1. The second kappa shape index (κ2) is 4.18. The van der Waals surface area contributed by atoms with Crippen LogP contribution in [0, 0.1) is 0 Å². The van der Waals surface area contributed by atoms with Crippen LogP contribution in [0.2, 0.25) is 0 Å². The third-order valence-electron chi connectivity index (χ3n) is 2.79. The van der Waals surface area contributed by atoms with Crippen LogP contribution in [0.15, 0.2) is 34.9 Å². The molecule has 0 saturated heterocycles. The molecule has 1 fully saturated rings. The van der Waals surface area contributed by atoms with Crippen LogP contribution in [0.4, 0.5) is 0 Å². The molecule has 3 rings (SSSR count). The predicted octanol–water partition coefficient (Wildman–Crippen LogP) is 1.94. The molecular weight excluding hydrogens is 232 g/mol. The molecule has 1 aliphatic carbocycles. The van der Waals surface area contributed by atoms with Crippen molar-refractivity contribution in [3.05, 3.63) is 36.0 Å². The summed E-state index contributed by atoms with van der Waals surface area (Å²) in [5.41, 5.74) is 0.952. The highest BCUT2D eigenvalue weighted by atomic mass is 16.5. The predicted molar refractivity (Wildman–Crippen MR) is 64.1 cm³/mol. The number of aromatic nitrogens is 1. The van der Waals surface area contributed by atoms with Gasteiger partial charge in [-0.15, -0.1) is 0 Å². The number of amides is 1. The van der Waals surface area contributed by atoms with Crippen molar-refractivity contribution in [2.24, 2.45) is 0 Å². The maximum Gasteiger partial charge on any atom is 0.273 e. The Morgan fingerprint density at radius 3 is 2.94 bits per heavy atom. The van der Waals surface area contributed by atoms with Crippen molar-refractivity contribution in [1.82, 2.24) is 10.5 Å². The number of aromatic hydroxyl groups is 1. The summed E-state index contributed by atoms with van der Waals surface area (Å²) in [6, 6.07) is 8.48. The van der Waals surface area contributed by atoms with Gasteiger partial charge in [0.1, 0.15) is 5.75 Å². The molecule has 1 amide bonds. The number of nitrogens with zero attached hydrogens (tertiary/aromatic N) is 1. The molecule has 1 saturated carbocycles. The largest absolute Gasteiger partial charge is 0.508 e. The van der Waals surface area contributed by atoms with E-state index in [4.69, 9.17) is 4.52 Å². The lowest BCUT2D eigenvalue weighted by Gasteiger charge is -1.97. The van der Waals surface area contributed by atoms with Gasteiger partial charge in [-0.05, 0) is 25.0 Å². The topological polar surface area (TPSA) is 75.4 Å². The minimum absolute atomic E-state index is 0.146. The molecule has 0 unspecified atom stereocenters. The summed E-state index contributed by atoms with van der Waals surface area (Å²) >= 11 is 0. The van der Waals surface area contributed by atoms with Crippen LogP contribution in [-0.2, 0) is 0 Å². The van der Waals surface area contributed by atoms with E-state index in [1.807, 2.05) is 0 Å². The Bertz CT molecular complexity index is 587. The van der Waals surface area contributed by atoms with E-state index in [0.717, 1.165) is 12.8 Å². The molecule has 0 atom stereocenters. The lowest BCUT2D eigenvalue weighted by Crippen LogP contribution is -2.25. The van der Waals surface area contributed by atoms with Crippen LogP contribution in [0.5, 0.6) is 5.75 Å². The maximum atomic E-state index is 11.7. The highest BCUT2D eigenvalue weighted by molar-refractivity contribution is 5.93. The molecule has 2 aromatic rings. The average molecular weight is 244 g/mol. The fourth-order valence-corrected chi connectivity index (χ4v) is 1.66. The highest BCUT2D eigenvalue weighted by Crippen LogP contribution is 2.24. The van der Waals surface area contributed by atoms with E-state index in [9.17, 15) is 9.90 Å². The van der Waals surface area contributed by atoms with Crippen molar-refractivity contribution in [1.29, 1.82) is 0 Å². The third kappa shape index (κ3) is 2.20.